The molecule has 3 nitrogen and oxygen atoms in total. The number of hydrogen-bond acceptors (Lipinski definition) is 3. The van der Waals surface area contributed by atoms with Crippen LogP contribution in [0.3, 0.4) is 0 Å². The zero-order valence-electron chi connectivity index (χ0n) is 22.0. The number of hydrogen-bond donors (Lipinski definition) is 0. The molecule has 3 atom stereocenters. The second-order valence-corrected chi connectivity index (χ2v) is 12.8. The largest absolute Gasteiger partial charge is 0.489 e. The third kappa shape index (κ3) is 8.06. The summed E-state index contributed by atoms with van der Waals surface area (Å²) in [4.78, 5) is 0. The van der Waals surface area contributed by atoms with Crippen LogP contribution in [0.15, 0.2) is 78.9 Å². The van der Waals surface area contributed by atoms with Gasteiger partial charge in [-0.2, -0.15) is 0 Å². The summed E-state index contributed by atoms with van der Waals surface area (Å²) >= 11 is 0. The van der Waals surface area contributed by atoms with Gasteiger partial charge in [-0.25, -0.2) is 0 Å². The minimum atomic E-state index is -1.26. The number of rotatable bonds is 12. The van der Waals surface area contributed by atoms with Crippen LogP contribution in [-0.2, 0) is 22.2 Å². The first-order valence-corrected chi connectivity index (χ1v) is 15.8. The molecule has 36 heavy (non-hydrogen) atoms. The molecule has 3 aromatic rings. The summed E-state index contributed by atoms with van der Waals surface area (Å²) in [6.07, 6.45) is 7.07. The first kappa shape index (κ1) is 26.7. The van der Waals surface area contributed by atoms with Gasteiger partial charge in [0.15, 0.2) is 0 Å². The van der Waals surface area contributed by atoms with Gasteiger partial charge >= 0.3 is 0 Å². The molecule has 0 bridgehead atoms. The SMILES string of the molecule is CCCC[SiH]1OCC(CCc2ccc(-c3ccc(OCc4ccccc4)cc3)cc2)CO[C@@H]1CCC. The van der Waals surface area contributed by atoms with Crippen LogP contribution in [0.1, 0.15) is 57.1 Å². The van der Waals surface area contributed by atoms with Crippen molar-refractivity contribution in [2.24, 2.45) is 5.92 Å². The van der Waals surface area contributed by atoms with Gasteiger partial charge in [0.05, 0.1) is 12.3 Å². The van der Waals surface area contributed by atoms with E-state index in [0.29, 0.717) is 18.3 Å². The number of benzene rings is 3. The van der Waals surface area contributed by atoms with E-state index in [1.807, 2.05) is 18.2 Å². The highest BCUT2D eigenvalue weighted by Gasteiger charge is 2.29. The number of ether oxygens (including phenoxy) is 2. The van der Waals surface area contributed by atoms with Crippen LogP contribution in [0.5, 0.6) is 5.75 Å². The lowest BCUT2D eigenvalue weighted by molar-refractivity contribution is 0.0720. The lowest BCUT2D eigenvalue weighted by atomic mass is 9.98. The second kappa shape index (κ2) is 14.4. The molecule has 0 spiro atoms. The molecular weight excluding hydrogens is 460 g/mol. The Labute approximate surface area is 219 Å². The number of unbranched alkanes of at least 4 members (excludes halogenated alkanes) is 1. The van der Waals surface area contributed by atoms with Crippen LogP contribution >= 0.6 is 0 Å². The Hall–Kier alpha value is -2.40. The molecule has 0 aromatic heterocycles. The Kier molecular flexibility index (Phi) is 10.6. The van der Waals surface area contributed by atoms with Crippen molar-refractivity contribution in [3.63, 3.8) is 0 Å². The van der Waals surface area contributed by atoms with E-state index in [2.05, 4.69) is 74.5 Å². The average Bonchev–Trinajstić information content (AvgIpc) is 3.13. The Balaban J connectivity index is 1.26. The van der Waals surface area contributed by atoms with E-state index in [9.17, 15) is 0 Å². The smallest absolute Gasteiger partial charge is 0.205 e. The fourth-order valence-corrected chi connectivity index (χ4v) is 8.01. The summed E-state index contributed by atoms with van der Waals surface area (Å²) in [5.41, 5.74) is 5.42. The second-order valence-electron chi connectivity index (χ2n) is 10.1. The van der Waals surface area contributed by atoms with Gasteiger partial charge in [0, 0.05) is 12.5 Å². The molecule has 0 N–H and O–H groups in total. The van der Waals surface area contributed by atoms with Crippen molar-refractivity contribution in [1.82, 2.24) is 0 Å². The third-order valence-corrected chi connectivity index (χ3v) is 10.1. The molecule has 1 aliphatic heterocycles. The predicted octanol–water partition coefficient (Wildman–Crippen LogP) is 7.76. The highest BCUT2D eigenvalue weighted by molar-refractivity contribution is 6.53. The van der Waals surface area contributed by atoms with Crippen LogP contribution in [0.4, 0.5) is 0 Å². The Morgan fingerprint density at radius 1 is 0.778 bits per heavy atom. The van der Waals surface area contributed by atoms with Crippen molar-refractivity contribution in [3.05, 3.63) is 90.0 Å². The van der Waals surface area contributed by atoms with Crippen LogP contribution in [0.2, 0.25) is 6.04 Å². The Morgan fingerprint density at radius 3 is 2.19 bits per heavy atom. The molecule has 192 valence electrons. The third-order valence-electron chi connectivity index (χ3n) is 7.15. The van der Waals surface area contributed by atoms with Gasteiger partial charge in [-0.3, -0.25) is 0 Å². The van der Waals surface area contributed by atoms with Crippen LogP contribution < -0.4 is 4.74 Å². The molecule has 1 aliphatic rings. The van der Waals surface area contributed by atoms with E-state index in [1.165, 1.54) is 47.6 Å². The van der Waals surface area contributed by atoms with Crippen molar-refractivity contribution in [1.29, 1.82) is 0 Å². The van der Waals surface area contributed by atoms with E-state index < -0.39 is 9.04 Å². The summed E-state index contributed by atoms with van der Waals surface area (Å²) < 4.78 is 18.8. The van der Waals surface area contributed by atoms with Crippen molar-refractivity contribution < 1.29 is 13.9 Å². The van der Waals surface area contributed by atoms with Crippen molar-refractivity contribution in [3.8, 4) is 16.9 Å². The summed E-state index contributed by atoms with van der Waals surface area (Å²) in [5, 5.41) is 0. The molecule has 0 aliphatic carbocycles. The fourth-order valence-electron chi connectivity index (χ4n) is 4.90. The van der Waals surface area contributed by atoms with E-state index in [1.54, 1.807) is 0 Å². The van der Waals surface area contributed by atoms with Crippen LogP contribution in [0.25, 0.3) is 11.1 Å². The molecule has 1 heterocycles. The van der Waals surface area contributed by atoms with E-state index in [4.69, 9.17) is 13.9 Å². The maximum atomic E-state index is 6.50. The van der Waals surface area contributed by atoms with E-state index >= 15 is 0 Å². The molecule has 0 amide bonds. The average molecular weight is 503 g/mol. The van der Waals surface area contributed by atoms with Gasteiger partial charge in [-0.05, 0) is 59.7 Å². The standard InChI is InChI=1S/C32H42O3Si/c1-3-5-22-36-32(9-4-2)34-24-28(25-35-36)13-12-26-14-16-29(17-15-26)30-18-20-31(21-19-30)33-23-27-10-7-6-8-11-27/h6-8,10-11,14-21,28,32,36H,3-5,9,12-13,22-25H2,1-2H3/t28?,32-,36?/m0/s1. The molecule has 2 unspecified atom stereocenters. The Morgan fingerprint density at radius 2 is 1.50 bits per heavy atom. The first-order chi connectivity index (χ1) is 17.7. The molecule has 3 aromatic carbocycles. The van der Waals surface area contributed by atoms with Gasteiger partial charge in [-0.1, -0.05) is 99.8 Å². The highest BCUT2D eigenvalue weighted by atomic mass is 28.3. The molecule has 1 saturated heterocycles. The van der Waals surface area contributed by atoms with Gasteiger partial charge < -0.3 is 13.9 Å². The molecule has 0 radical (unpaired) electrons. The lowest BCUT2D eigenvalue weighted by Crippen LogP contribution is -2.34. The zero-order chi connectivity index (χ0) is 25.0. The first-order valence-electron chi connectivity index (χ1n) is 13.8. The maximum Gasteiger partial charge on any atom is 0.205 e. The molecule has 0 saturated carbocycles. The summed E-state index contributed by atoms with van der Waals surface area (Å²) in [6, 6.07) is 28.9. The molecule has 1 fully saturated rings. The zero-order valence-corrected chi connectivity index (χ0v) is 23.2. The van der Waals surface area contributed by atoms with Crippen molar-refractivity contribution >= 4 is 9.04 Å². The monoisotopic (exact) mass is 502 g/mol. The minimum absolute atomic E-state index is 0.404. The Bertz CT molecular complexity index is 1000. The fraction of sp³-hybridized carbons (Fsp3) is 0.438. The molecule has 4 rings (SSSR count). The molecular formula is C32H42O3Si. The van der Waals surface area contributed by atoms with Crippen molar-refractivity contribution in [2.75, 3.05) is 13.2 Å². The predicted molar refractivity (Wildman–Crippen MR) is 152 cm³/mol. The van der Waals surface area contributed by atoms with Gasteiger partial charge in [0.1, 0.15) is 12.4 Å². The van der Waals surface area contributed by atoms with E-state index in [-0.39, 0.29) is 0 Å². The normalized spacial score (nSPS) is 20.1. The van der Waals surface area contributed by atoms with Crippen LogP contribution in [0, 0.1) is 5.92 Å². The summed E-state index contributed by atoms with van der Waals surface area (Å²) in [5.74, 6) is 1.40. The van der Waals surface area contributed by atoms with Gasteiger partial charge in [0.25, 0.3) is 0 Å². The summed E-state index contributed by atoms with van der Waals surface area (Å²) in [6.45, 7) is 6.86. The lowest BCUT2D eigenvalue weighted by Gasteiger charge is -2.22. The quantitative estimate of drug-likeness (QED) is 0.237. The minimum Gasteiger partial charge on any atom is -0.489 e. The van der Waals surface area contributed by atoms with E-state index in [0.717, 1.165) is 38.2 Å². The topological polar surface area (TPSA) is 27.7 Å². The van der Waals surface area contributed by atoms with Gasteiger partial charge in [0.2, 0.25) is 9.04 Å². The van der Waals surface area contributed by atoms with Gasteiger partial charge in [-0.15, -0.1) is 0 Å². The number of aryl methyl sites for hydroxylation is 1. The summed E-state index contributed by atoms with van der Waals surface area (Å²) in [7, 11) is -1.26. The highest BCUT2D eigenvalue weighted by Crippen LogP contribution is 2.25. The molecule has 4 heteroatoms. The van der Waals surface area contributed by atoms with Crippen molar-refractivity contribution in [2.45, 2.75) is 70.8 Å². The maximum absolute atomic E-state index is 6.50. The van der Waals surface area contributed by atoms with Crippen LogP contribution in [-0.4, -0.2) is 28.0 Å².